The molecule has 0 spiro atoms. The zero-order valence-corrected chi connectivity index (χ0v) is 10.0. The Morgan fingerprint density at radius 3 is 2.93 bits per heavy atom. The molecular formula is C12H22FNO. The first-order valence-corrected chi connectivity index (χ1v) is 6.06. The van der Waals surface area contributed by atoms with Gasteiger partial charge in [0.2, 0.25) is 0 Å². The molecule has 0 radical (unpaired) electrons. The van der Waals surface area contributed by atoms with Gasteiger partial charge in [0.05, 0.1) is 12.7 Å². The molecule has 2 rings (SSSR count). The van der Waals surface area contributed by atoms with Crippen LogP contribution < -0.4 is 0 Å². The SMILES string of the molecule is CC(C)OCC12CCC(C)N1C[C@@H](F)C2. The van der Waals surface area contributed by atoms with Gasteiger partial charge in [-0.25, -0.2) is 4.39 Å². The van der Waals surface area contributed by atoms with E-state index in [4.69, 9.17) is 4.74 Å². The molecule has 0 aromatic carbocycles. The molecule has 2 heterocycles. The summed E-state index contributed by atoms with van der Waals surface area (Å²) in [5.41, 5.74) is 0.0170. The first-order chi connectivity index (χ1) is 7.03. The summed E-state index contributed by atoms with van der Waals surface area (Å²) in [5, 5.41) is 0. The average molecular weight is 215 g/mol. The smallest absolute Gasteiger partial charge is 0.115 e. The van der Waals surface area contributed by atoms with Crippen LogP contribution in [0.5, 0.6) is 0 Å². The third-order valence-corrected chi connectivity index (χ3v) is 3.85. The van der Waals surface area contributed by atoms with E-state index in [0.717, 1.165) is 6.42 Å². The lowest BCUT2D eigenvalue weighted by Crippen LogP contribution is -2.45. The second kappa shape index (κ2) is 4.02. The van der Waals surface area contributed by atoms with Gasteiger partial charge in [-0.05, 0) is 33.6 Å². The number of nitrogens with zero attached hydrogens (tertiary/aromatic N) is 1. The third-order valence-electron chi connectivity index (χ3n) is 3.85. The van der Waals surface area contributed by atoms with Crippen LogP contribution in [-0.4, -0.2) is 41.9 Å². The Balaban J connectivity index is 2.04. The van der Waals surface area contributed by atoms with Crippen LogP contribution in [0.3, 0.4) is 0 Å². The van der Waals surface area contributed by atoms with Crippen molar-refractivity contribution >= 4 is 0 Å². The molecule has 3 heteroatoms. The molecule has 2 nitrogen and oxygen atoms in total. The number of halogens is 1. The third kappa shape index (κ3) is 2.04. The monoisotopic (exact) mass is 215 g/mol. The van der Waals surface area contributed by atoms with Gasteiger partial charge in [-0.3, -0.25) is 4.90 Å². The lowest BCUT2D eigenvalue weighted by molar-refractivity contribution is -0.00371. The van der Waals surface area contributed by atoms with Crippen molar-refractivity contribution in [3.05, 3.63) is 0 Å². The van der Waals surface area contributed by atoms with Crippen LogP contribution >= 0.6 is 0 Å². The molecule has 88 valence electrons. The summed E-state index contributed by atoms with van der Waals surface area (Å²) in [6.07, 6.45) is 2.55. The molecule has 2 saturated heterocycles. The normalized spacial score (nSPS) is 41.4. The highest BCUT2D eigenvalue weighted by atomic mass is 19.1. The average Bonchev–Trinajstić information content (AvgIpc) is 2.62. The summed E-state index contributed by atoms with van der Waals surface area (Å²) in [6, 6.07) is 0.529. The topological polar surface area (TPSA) is 12.5 Å². The van der Waals surface area contributed by atoms with Crippen molar-refractivity contribution in [3.63, 3.8) is 0 Å². The highest BCUT2D eigenvalue weighted by Gasteiger charge is 2.51. The molecule has 0 aromatic rings. The van der Waals surface area contributed by atoms with Crippen LogP contribution in [0.4, 0.5) is 4.39 Å². The van der Waals surface area contributed by atoms with Crippen molar-refractivity contribution in [1.82, 2.24) is 4.90 Å². The van der Waals surface area contributed by atoms with E-state index < -0.39 is 6.17 Å². The van der Waals surface area contributed by atoms with E-state index in [9.17, 15) is 4.39 Å². The fourth-order valence-corrected chi connectivity index (χ4v) is 3.06. The predicted octanol–water partition coefficient (Wildman–Crippen LogP) is 2.38. The van der Waals surface area contributed by atoms with Crippen molar-refractivity contribution in [3.8, 4) is 0 Å². The van der Waals surface area contributed by atoms with Crippen LogP contribution in [0, 0.1) is 0 Å². The molecule has 2 unspecified atom stereocenters. The second-order valence-corrected chi connectivity index (χ2v) is 5.43. The van der Waals surface area contributed by atoms with Gasteiger partial charge in [0, 0.05) is 24.5 Å². The van der Waals surface area contributed by atoms with E-state index >= 15 is 0 Å². The van der Waals surface area contributed by atoms with Crippen LogP contribution in [0.1, 0.15) is 40.0 Å². The highest BCUT2D eigenvalue weighted by Crippen LogP contribution is 2.43. The zero-order valence-electron chi connectivity index (χ0n) is 10.0. The van der Waals surface area contributed by atoms with E-state index in [1.807, 2.05) is 13.8 Å². The minimum Gasteiger partial charge on any atom is -0.377 e. The lowest BCUT2D eigenvalue weighted by atomic mass is 9.94. The van der Waals surface area contributed by atoms with Crippen molar-refractivity contribution in [2.45, 2.75) is 63.9 Å². The number of fused-ring (bicyclic) bond motifs is 1. The predicted molar refractivity (Wildman–Crippen MR) is 58.7 cm³/mol. The van der Waals surface area contributed by atoms with E-state index in [2.05, 4.69) is 11.8 Å². The fraction of sp³-hybridized carbons (Fsp3) is 1.00. The number of hydrogen-bond donors (Lipinski definition) is 0. The lowest BCUT2D eigenvalue weighted by Gasteiger charge is -2.34. The van der Waals surface area contributed by atoms with Gasteiger partial charge in [-0.2, -0.15) is 0 Å². The summed E-state index contributed by atoms with van der Waals surface area (Å²) in [7, 11) is 0. The molecule has 15 heavy (non-hydrogen) atoms. The zero-order chi connectivity index (χ0) is 11.1. The molecule has 2 aliphatic rings. The first kappa shape index (κ1) is 11.3. The van der Waals surface area contributed by atoms with Crippen molar-refractivity contribution in [2.24, 2.45) is 0 Å². The minimum absolute atomic E-state index is 0.0170. The van der Waals surface area contributed by atoms with Gasteiger partial charge in [0.15, 0.2) is 0 Å². The molecule has 0 N–H and O–H groups in total. The molecule has 0 bridgehead atoms. The van der Waals surface area contributed by atoms with Crippen LogP contribution in [-0.2, 0) is 4.74 Å². The second-order valence-electron chi connectivity index (χ2n) is 5.43. The van der Waals surface area contributed by atoms with Crippen molar-refractivity contribution in [1.29, 1.82) is 0 Å². The summed E-state index contributed by atoms with van der Waals surface area (Å²) in [4.78, 5) is 2.33. The molecule has 0 aromatic heterocycles. The molecule has 0 saturated carbocycles. The standard InChI is InChI=1S/C12H22FNO/c1-9(2)15-8-12-5-4-10(3)14(12)7-11(13)6-12/h9-11H,4-8H2,1-3H3/t10?,11-,12?/m0/s1. The Labute approximate surface area is 91.8 Å². The number of rotatable bonds is 3. The highest BCUT2D eigenvalue weighted by molar-refractivity contribution is 5.06. The van der Waals surface area contributed by atoms with Crippen LogP contribution in [0.25, 0.3) is 0 Å². The number of ether oxygens (including phenoxy) is 1. The Morgan fingerprint density at radius 1 is 1.53 bits per heavy atom. The fourth-order valence-electron chi connectivity index (χ4n) is 3.06. The van der Waals surface area contributed by atoms with Crippen LogP contribution in [0.15, 0.2) is 0 Å². The molecule has 0 amide bonds. The molecule has 2 fully saturated rings. The van der Waals surface area contributed by atoms with Gasteiger partial charge in [-0.15, -0.1) is 0 Å². The number of alkyl halides is 1. The Bertz CT molecular complexity index is 234. The van der Waals surface area contributed by atoms with E-state index in [0.29, 0.717) is 25.6 Å². The molecule has 3 atom stereocenters. The minimum atomic E-state index is -0.650. The van der Waals surface area contributed by atoms with Crippen molar-refractivity contribution in [2.75, 3.05) is 13.2 Å². The molecular weight excluding hydrogens is 193 g/mol. The quantitative estimate of drug-likeness (QED) is 0.716. The molecule has 0 aliphatic carbocycles. The van der Waals surface area contributed by atoms with Gasteiger partial charge in [0.25, 0.3) is 0 Å². The van der Waals surface area contributed by atoms with Gasteiger partial charge in [0.1, 0.15) is 6.17 Å². The largest absolute Gasteiger partial charge is 0.377 e. The summed E-state index contributed by atoms with van der Waals surface area (Å²) >= 11 is 0. The Kier molecular flexibility index (Phi) is 3.04. The maximum absolute atomic E-state index is 13.5. The van der Waals surface area contributed by atoms with E-state index in [-0.39, 0.29) is 11.6 Å². The maximum atomic E-state index is 13.5. The summed E-state index contributed by atoms with van der Waals surface area (Å²) in [6.45, 7) is 7.61. The first-order valence-electron chi connectivity index (χ1n) is 6.06. The Hall–Kier alpha value is -0.150. The molecule has 2 aliphatic heterocycles. The maximum Gasteiger partial charge on any atom is 0.115 e. The van der Waals surface area contributed by atoms with E-state index in [1.165, 1.54) is 6.42 Å². The van der Waals surface area contributed by atoms with Gasteiger partial charge >= 0.3 is 0 Å². The Morgan fingerprint density at radius 2 is 2.27 bits per heavy atom. The summed E-state index contributed by atoms with van der Waals surface area (Å²) < 4.78 is 19.2. The van der Waals surface area contributed by atoms with E-state index in [1.54, 1.807) is 0 Å². The van der Waals surface area contributed by atoms with Crippen LogP contribution in [0.2, 0.25) is 0 Å². The summed E-state index contributed by atoms with van der Waals surface area (Å²) in [5.74, 6) is 0. The number of hydrogen-bond acceptors (Lipinski definition) is 2. The van der Waals surface area contributed by atoms with Crippen molar-refractivity contribution < 1.29 is 9.13 Å². The van der Waals surface area contributed by atoms with Gasteiger partial charge < -0.3 is 4.74 Å². The van der Waals surface area contributed by atoms with Gasteiger partial charge in [-0.1, -0.05) is 0 Å².